The maximum absolute atomic E-state index is 13.4. The Morgan fingerprint density at radius 3 is 2.09 bits per heavy atom. The minimum Gasteiger partial charge on any atom is -0.508 e. The number of carboxylic acids is 1. The van der Waals surface area contributed by atoms with Crippen molar-refractivity contribution in [2.75, 3.05) is 56.8 Å². The molecule has 0 fully saturated rings. The quantitative estimate of drug-likeness (QED) is 0.0322. The molecule has 1 spiro atoms. The Bertz CT molecular complexity index is 2290. The van der Waals surface area contributed by atoms with Crippen molar-refractivity contribution in [2.24, 2.45) is 0 Å². The Hall–Kier alpha value is -5.61. The zero-order chi connectivity index (χ0) is 40.1. The van der Waals surface area contributed by atoms with E-state index in [1.54, 1.807) is 54.6 Å². The molecule has 0 saturated carbocycles. The molecule has 294 valence electrons. The number of aromatic hydroxyl groups is 2. The van der Waals surface area contributed by atoms with Gasteiger partial charge in [-0.3, -0.25) is 0 Å². The number of phenols is 2. The van der Waals surface area contributed by atoms with E-state index in [-0.39, 0.29) is 40.3 Å². The van der Waals surface area contributed by atoms with Crippen LogP contribution in [-0.4, -0.2) is 78.4 Å². The lowest BCUT2D eigenvalue weighted by Crippen LogP contribution is -2.33. The van der Waals surface area contributed by atoms with Gasteiger partial charge in [0.1, 0.15) is 29.6 Å². The first kappa shape index (κ1) is 39.6. The number of anilines is 3. The summed E-state index contributed by atoms with van der Waals surface area (Å²) in [5, 5.41) is 39.6. The topological polar surface area (TPSA) is 177 Å². The van der Waals surface area contributed by atoms with Crippen molar-refractivity contribution in [1.29, 1.82) is 0 Å². The number of phenolic OH excluding ortho intramolecular Hbond substituents is 2. The molecule has 2 heterocycles. The monoisotopic (exact) mass is 831 g/mol. The maximum atomic E-state index is 13.4. The number of aromatic carboxylic acids is 1. The van der Waals surface area contributed by atoms with E-state index in [0.29, 0.717) is 94.5 Å². The number of thiocarbonyl (C=S) groups is 1. The van der Waals surface area contributed by atoms with Gasteiger partial charge in [0.05, 0.1) is 58.3 Å². The van der Waals surface area contributed by atoms with E-state index in [4.69, 9.17) is 59.1 Å². The molecule has 5 aromatic carbocycles. The van der Waals surface area contributed by atoms with Crippen molar-refractivity contribution in [3.63, 3.8) is 0 Å². The van der Waals surface area contributed by atoms with Crippen LogP contribution in [0.4, 0.5) is 17.1 Å². The number of benzene rings is 5. The molecule has 0 bridgehead atoms. The lowest BCUT2D eigenvalue weighted by atomic mass is 9.77. The minimum absolute atomic E-state index is 0.0189. The van der Waals surface area contributed by atoms with Gasteiger partial charge < -0.3 is 55.0 Å². The molecule has 0 unspecified atom stereocenters. The molecular formula is C41H35Cl2N3O10S. The SMILES string of the molecule is O=C(O)c1ccccc1Nc1cc(Cl)c(OCCOCCOCCNCC(=S)Nc2ccc3c(c2)C(=O)OC32c3ccc(O)cc3Oc3cc(O)ccc32)c(Cl)c1. The second kappa shape index (κ2) is 17.3. The van der Waals surface area contributed by atoms with Crippen LogP contribution in [0.1, 0.15) is 37.4 Å². The van der Waals surface area contributed by atoms with Crippen LogP contribution in [0.25, 0.3) is 0 Å². The minimum atomic E-state index is -1.34. The number of ether oxygens (including phenoxy) is 5. The number of rotatable bonds is 16. The second-order valence-electron chi connectivity index (χ2n) is 12.8. The number of nitrogens with one attached hydrogen (secondary N) is 3. The van der Waals surface area contributed by atoms with Gasteiger partial charge in [0, 0.05) is 53.3 Å². The van der Waals surface area contributed by atoms with E-state index in [2.05, 4.69) is 16.0 Å². The van der Waals surface area contributed by atoms with Crippen molar-refractivity contribution in [1.82, 2.24) is 5.32 Å². The first-order chi connectivity index (χ1) is 27.5. The largest absolute Gasteiger partial charge is 0.508 e. The number of hydrogen-bond donors (Lipinski definition) is 6. The highest BCUT2D eigenvalue weighted by Crippen LogP contribution is 2.57. The van der Waals surface area contributed by atoms with Gasteiger partial charge >= 0.3 is 11.9 Å². The van der Waals surface area contributed by atoms with Crippen molar-refractivity contribution in [2.45, 2.75) is 5.60 Å². The number of carbonyl (C=O) groups excluding carboxylic acids is 1. The van der Waals surface area contributed by atoms with Crippen molar-refractivity contribution in [3.8, 4) is 28.7 Å². The number of hydrogen-bond acceptors (Lipinski definition) is 12. The Balaban J connectivity index is 0.818. The normalized spacial score (nSPS) is 13.2. The van der Waals surface area contributed by atoms with Crippen LogP contribution >= 0.6 is 35.4 Å². The summed E-state index contributed by atoms with van der Waals surface area (Å²) in [6.07, 6.45) is 0. The van der Waals surface area contributed by atoms with Gasteiger partial charge in [-0.1, -0.05) is 53.6 Å². The molecule has 6 N–H and O–H groups in total. The summed E-state index contributed by atoms with van der Waals surface area (Å²) in [6.45, 7) is 2.47. The number of fused-ring (bicyclic) bond motifs is 6. The predicted octanol–water partition coefficient (Wildman–Crippen LogP) is 7.86. The Kier molecular flexibility index (Phi) is 12.0. The van der Waals surface area contributed by atoms with Crippen LogP contribution in [0.3, 0.4) is 0 Å². The summed E-state index contributed by atoms with van der Waals surface area (Å²) in [4.78, 5) is 25.4. The Morgan fingerprint density at radius 2 is 1.40 bits per heavy atom. The first-order valence-electron chi connectivity index (χ1n) is 17.6. The van der Waals surface area contributed by atoms with Gasteiger partial charge in [-0.15, -0.1) is 0 Å². The summed E-state index contributed by atoms with van der Waals surface area (Å²) < 4.78 is 29.1. The van der Waals surface area contributed by atoms with Crippen molar-refractivity contribution in [3.05, 3.63) is 129 Å². The molecule has 0 saturated heterocycles. The third-order valence-electron chi connectivity index (χ3n) is 9.05. The average molecular weight is 833 g/mol. The summed E-state index contributed by atoms with van der Waals surface area (Å²) in [5.74, 6) is -0.737. The molecule has 7 rings (SSSR count). The standard InChI is InChI=1S/C41H35Cl2N3O10S/c42-32-18-24(45-34-4-2-1-3-27(34)39(49)50)19-33(43)38(32)54-16-15-53-14-13-52-12-11-44-22-37(57)46-23-5-8-29-28(17-23)40(51)56-41(29)30-9-6-25(47)20-35(30)55-36-21-26(48)7-10-31(36)41/h1-10,17-21,44-45,47-48H,11-16,22H2,(H,46,57)(H,49,50). The molecule has 13 nitrogen and oxygen atoms in total. The molecule has 2 aliphatic heterocycles. The van der Waals surface area contributed by atoms with Crippen LogP contribution in [-0.2, 0) is 19.8 Å². The molecule has 0 amide bonds. The Labute approximate surface area is 342 Å². The van der Waals surface area contributed by atoms with Crippen LogP contribution < -0.4 is 25.4 Å². The van der Waals surface area contributed by atoms with E-state index in [1.807, 2.05) is 6.07 Å². The molecule has 2 aliphatic rings. The number of carboxylic acid groups (broad SMARTS) is 1. The third kappa shape index (κ3) is 8.56. The molecular weight excluding hydrogens is 797 g/mol. The Morgan fingerprint density at radius 1 is 0.772 bits per heavy atom. The molecule has 0 atom stereocenters. The summed E-state index contributed by atoms with van der Waals surface area (Å²) in [7, 11) is 0. The molecule has 57 heavy (non-hydrogen) atoms. The number of halogens is 2. The fourth-order valence-electron chi connectivity index (χ4n) is 6.56. The fourth-order valence-corrected chi connectivity index (χ4v) is 7.38. The van der Waals surface area contributed by atoms with Gasteiger partial charge in [0.15, 0.2) is 11.4 Å². The van der Waals surface area contributed by atoms with E-state index in [0.717, 1.165) is 0 Å². The van der Waals surface area contributed by atoms with E-state index < -0.39 is 17.5 Å². The van der Waals surface area contributed by atoms with Crippen LogP contribution in [0, 0.1) is 0 Å². The van der Waals surface area contributed by atoms with E-state index in [1.165, 1.54) is 30.3 Å². The van der Waals surface area contributed by atoms with Gasteiger partial charge in [-0.2, -0.15) is 0 Å². The van der Waals surface area contributed by atoms with Gasteiger partial charge in [0.2, 0.25) is 0 Å². The molecule has 0 radical (unpaired) electrons. The lowest BCUT2D eigenvalue weighted by Gasteiger charge is -2.36. The zero-order valence-electron chi connectivity index (χ0n) is 30.0. The van der Waals surface area contributed by atoms with Crippen LogP contribution in [0.15, 0.2) is 91.0 Å². The molecule has 0 aliphatic carbocycles. The average Bonchev–Trinajstić information content (AvgIpc) is 3.45. The van der Waals surface area contributed by atoms with E-state index >= 15 is 0 Å². The fraction of sp³-hybridized carbons (Fsp3) is 0.195. The highest BCUT2D eigenvalue weighted by molar-refractivity contribution is 7.80. The predicted molar refractivity (Wildman–Crippen MR) is 217 cm³/mol. The highest BCUT2D eigenvalue weighted by Gasteiger charge is 2.53. The molecule has 16 heteroatoms. The van der Waals surface area contributed by atoms with Crippen molar-refractivity contribution < 1.29 is 48.6 Å². The lowest BCUT2D eigenvalue weighted by molar-refractivity contribution is 0.0224. The second-order valence-corrected chi connectivity index (χ2v) is 14.1. The van der Waals surface area contributed by atoms with Gasteiger partial charge in [-0.05, 0) is 60.7 Å². The number of esters is 1. The van der Waals surface area contributed by atoms with Gasteiger partial charge in [0.25, 0.3) is 0 Å². The first-order valence-corrected chi connectivity index (χ1v) is 18.8. The van der Waals surface area contributed by atoms with Gasteiger partial charge in [-0.25, -0.2) is 9.59 Å². The van der Waals surface area contributed by atoms with E-state index in [9.17, 15) is 24.9 Å². The van der Waals surface area contributed by atoms with Crippen molar-refractivity contribution >= 4 is 69.4 Å². The number of para-hydroxylation sites is 1. The van der Waals surface area contributed by atoms with Crippen LogP contribution in [0.2, 0.25) is 10.0 Å². The summed E-state index contributed by atoms with van der Waals surface area (Å²) in [6, 6.07) is 24.2. The maximum Gasteiger partial charge on any atom is 0.340 e. The highest BCUT2D eigenvalue weighted by atomic mass is 35.5. The zero-order valence-corrected chi connectivity index (χ0v) is 32.3. The smallest absolute Gasteiger partial charge is 0.340 e. The number of carbonyl (C=O) groups is 2. The molecule has 0 aromatic heterocycles. The summed E-state index contributed by atoms with van der Waals surface area (Å²) >= 11 is 18.3. The van der Waals surface area contributed by atoms with Crippen LogP contribution in [0.5, 0.6) is 28.7 Å². The third-order valence-corrected chi connectivity index (χ3v) is 9.85. The summed E-state index contributed by atoms with van der Waals surface area (Å²) in [5.41, 5.74) is 2.31. The molecule has 5 aromatic rings.